The van der Waals surface area contributed by atoms with E-state index >= 15 is 0 Å². The molecule has 0 aromatic heterocycles. The Morgan fingerprint density at radius 1 is 1.39 bits per heavy atom. The van der Waals surface area contributed by atoms with E-state index in [1.54, 1.807) is 11.9 Å². The number of aliphatic hydroxyl groups excluding tert-OH is 2. The molecule has 0 spiro atoms. The van der Waals surface area contributed by atoms with Crippen LogP contribution in [0.4, 0.5) is 5.69 Å². The van der Waals surface area contributed by atoms with E-state index in [0.29, 0.717) is 0 Å². The van der Waals surface area contributed by atoms with Crippen LogP contribution in [0.2, 0.25) is 0 Å². The minimum Gasteiger partial charge on any atom is -0.394 e. The van der Waals surface area contributed by atoms with Crippen molar-refractivity contribution in [2.24, 2.45) is 0 Å². The number of rotatable bonds is 6. The standard InChI is InChI=1S/C13H19NO3S/c1-14(10-6-4-3-5-7-10)13(17)8-12(18-2)11(16)9-15/h3-7,11-12,15-16H,8-9H2,1-2H3. The summed E-state index contributed by atoms with van der Waals surface area (Å²) in [7, 11) is 1.71. The van der Waals surface area contributed by atoms with E-state index in [2.05, 4.69) is 0 Å². The lowest BCUT2D eigenvalue weighted by Gasteiger charge is -2.23. The number of aliphatic hydroxyl groups is 2. The Bertz CT molecular complexity index is 372. The normalized spacial score (nSPS) is 14.0. The molecule has 1 rings (SSSR count). The fourth-order valence-electron chi connectivity index (χ4n) is 1.60. The molecule has 0 aliphatic heterocycles. The van der Waals surface area contributed by atoms with E-state index in [9.17, 15) is 9.90 Å². The lowest BCUT2D eigenvalue weighted by Crippen LogP contribution is -2.34. The van der Waals surface area contributed by atoms with Crippen molar-refractivity contribution in [1.82, 2.24) is 0 Å². The second kappa shape index (κ2) is 7.41. The molecule has 2 unspecified atom stereocenters. The second-order valence-corrected chi connectivity index (χ2v) is 5.09. The Balaban J connectivity index is 2.64. The van der Waals surface area contributed by atoms with Crippen molar-refractivity contribution in [3.05, 3.63) is 30.3 Å². The SMILES string of the molecule is CSC(CC(=O)N(C)c1ccccc1)C(O)CO. The lowest BCUT2D eigenvalue weighted by atomic mass is 10.1. The highest BCUT2D eigenvalue weighted by molar-refractivity contribution is 7.99. The topological polar surface area (TPSA) is 60.8 Å². The third kappa shape index (κ3) is 4.01. The summed E-state index contributed by atoms with van der Waals surface area (Å²) in [6.45, 7) is -0.326. The quantitative estimate of drug-likeness (QED) is 0.812. The highest BCUT2D eigenvalue weighted by Gasteiger charge is 2.23. The number of hydrogen-bond acceptors (Lipinski definition) is 4. The lowest BCUT2D eigenvalue weighted by molar-refractivity contribution is -0.118. The fraction of sp³-hybridized carbons (Fsp3) is 0.462. The minimum absolute atomic E-state index is 0.0759. The predicted molar refractivity (Wildman–Crippen MR) is 74.9 cm³/mol. The zero-order valence-electron chi connectivity index (χ0n) is 10.6. The van der Waals surface area contributed by atoms with E-state index in [1.807, 2.05) is 36.6 Å². The first-order chi connectivity index (χ1) is 8.60. The molecule has 0 radical (unpaired) electrons. The summed E-state index contributed by atoms with van der Waals surface area (Å²) >= 11 is 1.39. The summed E-state index contributed by atoms with van der Waals surface area (Å²) in [6.07, 6.45) is 1.15. The molecule has 0 saturated heterocycles. The Kier molecular flexibility index (Phi) is 6.18. The van der Waals surface area contributed by atoms with E-state index in [1.165, 1.54) is 11.8 Å². The molecule has 1 aromatic rings. The van der Waals surface area contributed by atoms with Crippen molar-refractivity contribution in [3.63, 3.8) is 0 Å². The van der Waals surface area contributed by atoms with Crippen molar-refractivity contribution in [1.29, 1.82) is 0 Å². The van der Waals surface area contributed by atoms with E-state index in [4.69, 9.17) is 5.11 Å². The van der Waals surface area contributed by atoms with Gasteiger partial charge in [0.25, 0.3) is 0 Å². The molecule has 0 bridgehead atoms. The molecule has 0 heterocycles. The molecule has 5 heteroatoms. The van der Waals surface area contributed by atoms with Gasteiger partial charge >= 0.3 is 0 Å². The number of thioether (sulfide) groups is 1. The van der Waals surface area contributed by atoms with Gasteiger partial charge in [-0.3, -0.25) is 4.79 Å². The first-order valence-corrected chi connectivity index (χ1v) is 7.02. The predicted octanol–water partition coefficient (Wildman–Crippen LogP) is 1.12. The molecule has 1 amide bonds. The van der Waals surface area contributed by atoms with Gasteiger partial charge in [-0.25, -0.2) is 0 Å². The van der Waals surface area contributed by atoms with Gasteiger partial charge in [0.15, 0.2) is 0 Å². The van der Waals surface area contributed by atoms with Gasteiger partial charge < -0.3 is 15.1 Å². The summed E-state index contributed by atoms with van der Waals surface area (Å²) < 4.78 is 0. The number of nitrogens with zero attached hydrogens (tertiary/aromatic N) is 1. The van der Waals surface area contributed by atoms with Gasteiger partial charge in [0.1, 0.15) is 0 Å². The fourth-order valence-corrected chi connectivity index (χ4v) is 2.31. The Morgan fingerprint density at radius 2 is 2.00 bits per heavy atom. The van der Waals surface area contributed by atoms with E-state index in [0.717, 1.165) is 5.69 Å². The Hall–Kier alpha value is -1.04. The van der Waals surface area contributed by atoms with Crippen LogP contribution in [-0.2, 0) is 4.79 Å². The van der Waals surface area contributed by atoms with Gasteiger partial charge in [-0.15, -0.1) is 0 Å². The molecular formula is C13H19NO3S. The van der Waals surface area contributed by atoms with Crippen LogP contribution in [0.15, 0.2) is 30.3 Å². The van der Waals surface area contributed by atoms with Gasteiger partial charge in [-0.2, -0.15) is 11.8 Å². The molecule has 0 aliphatic rings. The van der Waals surface area contributed by atoms with Crippen molar-refractivity contribution in [2.45, 2.75) is 17.8 Å². The van der Waals surface area contributed by atoms with Gasteiger partial charge in [0, 0.05) is 24.4 Å². The molecule has 18 heavy (non-hydrogen) atoms. The van der Waals surface area contributed by atoms with Crippen molar-refractivity contribution in [2.75, 3.05) is 24.8 Å². The average Bonchev–Trinajstić information content (AvgIpc) is 2.43. The Labute approximate surface area is 112 Å². The van der Waals surface area contributed by atoms with Crippen molar-refractivity contribution in [3.8, 4) is 0 Å². The highest BCUT2D eigenvalue weighted by atomic mass is 32.2. The minimum atomic E-state index is -0.867. The molecule has 0 aliphatic carbocycles. The third-order valence-corrected chi connectivity index (χ3v) is 3.90. The summed E-state index contributed by atoms with van der Waals surface area (Å²) in [5.74, 6) is -0.0759. The van der Waals surface area contributed by atoms with Crippen LogP contribution in [0.3, 0.4) is 0 Å². The second-order valence-electron chi connectivity index (χ2n) is 4.02. The average molecular weight is 269 g/mol. The number of anilines is 1. The molecule has 100 valence electrons. The summed E-state index contributed by atoms with van der Waals surface area (Å²) in [5.41, 5.74) is 0.820. The monoisotopic (exact) mass is 269 g/mol. The summed E-state index contributed by atoms with van der Waals surface area (Å²) in [6, 6.07) is 9.34. The first-order valence-electron chi connectivity index (χ1n) is 5.73. The third-order valence-electron chi connectivity index (χ3n) is 2.81. The summed E-state index contributed by atoms with van der Waals surface area (Å²) in [5, 5.41) is 18.2. The largest absolute Gasteiger partial charge is 0.394 e. The molecule has 1 aromatic carbocycles. The Morgan fingerprint density at radius 3 is 2.50 bits per heavy atom. The first kappa shape index (κ1) is 15.0. The smallest absolute Gasteiger partial charge is 0.227 e. The van der Waals surface area contributed by atoms with Crippen molar-refractivity contribution < 1.29 is 15.0 Å². The van der Waals surface area contributed by atoms with Crippen LogP contribution in [0.25, 0.3) is 0 Å². The van der Waals surface area contributed by atoms with Crippen LogP contribution in [-0.4, -0.2) is 47.4 Å². The van der Waals surface area contributed by atoms with Crippen molar-refractivity contribution >= 4 is 23.4 Å². The molecule has 4 nitrogen and oxygen atoms in total. The maximum Gasteiger partial charge on any atom is 0.227 e. The van der Waals surface area contributed by atoms with Gasteiger partial charge in [-0.05, 0) is 18.4 Å². The van der Waals surface area contributed by atoms with Crippen LogP contribution in [0.1, 0.15) is 6.42 Å². The molecule has 0 fully saturated rings. The molecule has 0 saturated carbocycles. The maximum absolute atomic E-state index is 12.1. The van der Waals surface area contributed by atoms with Gasteiger partial charge in [-0.1, -0.05) is 18.2 Å². The van der Waals surface area contributed by atoms with E-state index < -0.39 is 6.10 Å². The zero-order chi connectivity index (χ0) is 13.5. The zero-order valence-corrected chi connectivity index (χ0v) is 11.4. The van der Waals surface area contributed by atoms with Gasteiger partial charge in [0.2, 0.25) is 5.91 Å². The summed E-state index contributed by atoms with van der Waals surface area (Å²) in [4.78, 5) is 13.6. The molecule has 2 atom stereocenters. The number of carbonyl (C=O) groups is 1. The number of carbonyl (C=O) groups excluding carboxylic acids is 1. The number of amides is 1. The van der Waals surface area contributed by atoms with Crippen LogP contribution in [0, 0.1) is 0 Å². The number of hydrogen-bond donors (Lipinski definition) is 2. The van der Waals surface area contributed by atoms with Crippen LogP contribution >= 0.6 is 11.8 Å². The highest BCUT2D eigenvalue weighted by Crippen LogP contribution is 2.19. The van der Waals surface area contributed by atoms with Crippen LogP contribution in [0.5, 0.6) is 0 Å². The number of benzene rings is 1. The van der Waals surface area contributed by atoms with Gasteiger partial charge in [0.05, 0.1) is 12.7 Å². The maximum atomic E-state index is 12.1. The number of para-hydroxylation sites is 1. The molecular weight excluding hydrogens is 250 g/mol. The molecule has 2 N–H and O–H groups in total. The van der Waals surface area contributed by atoms with Crippen LogP contribution < -0.4 is 4.90 Å². The van der Waals surface area contributed by atoms with E-state index in [-0.39, 0.29) is 24.2 Å².